The summed E-state index contributed by atoms with van der Waals surface area (Å²) in [6, 6.07) is 0. The van der Waals surface area contributed by atoms with Gasteiger partial charge in [-0.1, -0.05) is 13.3 Å². The van der Waals surface area contributed by atoms with Crippen LogP contribution in [0.5, 0.6) is 0 Å². The normalized spacial score (nSPS) is 28.9. The lowest BCUT2D eigenvalue weighted by Gasteiger charge is -2.15. The number of carbonyl (C=O) groups excluding carboxylic acids is 1. The second kappa shape index (κ2) is 6.87. The summed E-state index contributed by atoms with van der Waals surface area (Å²) in [7, 11) is -0.941. The average Bonchev–Trinajstić information content (AvgIpc) is 2.72. The van der Waals surface area contributed by atoms with Crippen molar-refractivity contribution in [3.8, 4) is 0 Å². The van der Waals surface area contributed by atoms with Crippen molar-refractivity contribution in [2.45, 2.75) is 26.2 Å². The van der Waals surface area contributed by atoms with Crippen LogP contribution < -0.4 is 5.32 Å². The van der Waals surface area contributed by atoms with Crippen LogP contribution in [0.25, 0.3) is 0 Å². The highest BCUT2D eigenvalue weighted by Crippen LogP contribution is 2.38. The molecule has 1 saturated carbocycles. The van der Waals surface area contributed by atoms with Crippen LogP contribution in [0.1, 0.15) is 26.2 Å². The minimum Gasteiger partial charge on any atom is -0.481 e. The Bertz CT molecular complexity index is 345. The summed E-state index contributed by atoms with van der Waals surface area (Å²) in [6.45, 7) is 2.37. The number of aliphatic carboxylic acids is 1. The predicted molar refractivity (Wildman–Crippen MR) is 69.6 cm³/mol. The molecule has 1 aliphatic rings. The first-order chi connectivity index (χ1) is 8.45. The maximum atomic E-state index is 11.9. The van der Waals surface area contributed by atoms with Gasteiger partial charge in [-0.3, -0.25) is 13.8 Å². The number of amides is 1. The molecule has 5 nitrogen and oxygen atoms in total. The smallest absolute Gasteiger partial charge is 0.307 e. The fraction of sp³-hybridized carbons (Fsp3) is 0.833. The van der Waals surface area contributed by atoms with Crippen LogP contribution in [0.4, 0.5) is 0 Å². The van der Waals surface area contributed by atoms with Crippen LogP contribution in [0.2, 0.25) is 0 Å². The Morgan fingerprint density at radius 2 is 1.94 bits per heavy atom. The maximum Gasteiger partial charge on any atom is 0.307 e. The van der Waals surface area contributed by atoms with Crippen LogP contribution in [-0.2, 0) is 20.4 Å². The average molecular weight is 275 g/mol. The Labute approximate surface area is 110 Å². The van der Waals surface area contributed by atoms with Crippen molar-refractivity contribution in [2.24, 2.45) is 17.8 Å². The van der Waals surface area contributed by atoms with E-state index < -0.39 is 28.6 Å². The van der Waals surface area contributed by atoms with E-state index in [1.807, 2.05) is 6.92 Å². The fourth-order valence-corrected chi connectivity index (χ4v) is 2.88. The number of carbonyl (C=O) groups is 2. The van der Waals surface area contributed by atoms with Gasteiger partial charge in [0.1, 0.15) is 0 Å². The molecule has 18 heavy (non-hydrogen) atoms. The van der Waals surface area contributed by atoms with E-state index in [4.69, 9.17) is 5.11 Å². The lowest BCUT2D eigenvalue weighted by atomic mass is 9.95. The van der Waals surface area contributed by atoms with Gasteiger partial charge in [0.15, 0.2) is 0 Å². The number of hydrogen-bond acceptors (Lipinski definition) is 3. The predicted octanol–water partition coefficient (Wildman–Crippen LogP) is 0.618. The van der Waals surface area contributed by atoms with E-state index in [2.05, 4.69) is 5.32 Å². The molecule has 2 N–H and O–H groups in total. The van der Waals surface area contributed by atoms with Crippen molar-refractivity contribution < 1.29 is 18.9 Å². The highest BCUT2D eigenvalue weighted by atomic mass is 32.2. The van der Waals surface area contributed by atoms with Gasteiger partial charge < -0.3 is 10.4 Å². The van der Waals surface area contributed by atoms with Gasteiger partial charge in [-0.2, -0.15) is 0 Å². The third kappa shape index (κ3) is 4.08. The molecule has 1 aliphatic carbocycles. The van der Waals surface area contributed by atoms with E-state index in [0.717, 1.165) is 6.42 Å². The minimum atomic E-state index is -0.941. The SMILES string of the molecule is CCC1CC(C(=O)O)C(C(=O)NCCS(C)=O)C1. The summed E-state index contributed by atoms with van der Waals surface area (Å²) in [5.74, 6) is -1.36. The quantitative estimate of drug-likeness (QED) is 0.744. The number of hydrogen-bond donors (Lipinski definition) is 2. The molecule has 1 amide bonds. The Morgan fingerprint density at radius 3 is 2.44 bits per heavy atom. The standard InChI is InChI=1S/C12H21NO4S/c1-3-8-6-9(10(7-8)12(15)16)11(14)13-4-5-18(2)17/h8-10H,3-7H2,1-2H3,(H,13,14)(H,15,16). The van der Waals surface area contributed by atoms with Crippen molar-refractivity contribution >= 4 is 22.7 Å². The van der Waals surface area contributed by atoms with E-state index >= 15 is 0 Å². The first-order valence-electron chi connectivity index (χ1n) is 6.26. The van der Waals surface area contributed by atoms with E-state index in [0.29, 0.717) is 31.1 Å². The molecule has 0 aromatic rings. The first kappa shape index (κ1) is 15.1. The molecular weight excluding hydrogens is 254 g/mol. The second-order valence-electron chi connectivity index (χ2n) is 4.87. The number of nitrogens with one attached hydrogen (secondary N) is 1. The van der Waals surface area contributed by atoms with Gasteiger partial charge in [0, 0.05) is 29.4 Å². The third-order valence-electron chi connectivity index (χ3n) is 3.58. The molecule has 6 heteroatoms. The van der Waals surface area contributed by atoms with Gasteiger partial charge in [0.2, 0.25) is 5.91 Å². The number of carboxylic acid groups (broad SMARTS) is 1. The Balaban J connectivity index is 2.54. The lowest BCUT2D eigenvalue weighted by Crippen LogP contribution is -2.37. The fourth-order valence-electron chi connectivity index (χ4n) is 2.49. The third-order valence-corrected chi connectivity index (χ3v) is 4.36. The molecule has 0 bridgehead atoms. The number of carboxylic acids is 1. The molecule has 0 radical (unpaired) electrons. The molecule has 0 saturated heterocycles. The second-order valence-corrected chi connectivity index (χ2v) is 6.42. The van der Waals surface area contributed by atoms with Gasteiger partial charge in [0.25, 0.3) is 0 Å². The van der Waals surface area contributed by atoms with Gasteiger partial charge >= 0.3 is 5.97 Å². The van der Waals surface area contributed by atoms with Crippen LogP contribution in [0.3, 0.4) is 0 Å². The highest BCUT2D eigenvalue weighted by Gasteiger charge is 2.41. The molecule has 0 aliphatic heterocycles. The Hall–Kier alpha value is -0.910. The molecular formula is C12H21NO4S. The molecule has 4 unspecified atom stereocenters. The van der Waals surface area contributed by atoms with Crippen LogP contribution in [-0.4, -0.2) is 39.7 Å². The van der Waals surface area contributed by atoms with Gasteiger partial charge in [-0.15, -0.1) is 0 Å². The van der Waals surface area contributed by atoms with Gasteiger partial charge in [-0.25, -0.2) is 0 Å². The first-order valence-corrected chi connectivity index (χ1v) is 7.99. The van der Waals surface area contributed by atoms with Crippen molar-refractivity contribution in [3.05, 3.63) is 0 Å². The summed E-state index contributed by atoms with van der Waals surface area (Å²) in [6.07, 6.45) is 3.72. The summed E-state index contributed by atoms with van der Waals surface area (Å²) >= 11 is 0. The van der Waals surface area contributed by atoms with Crippen molar-refractivity contribution in [1.82, 2.24) is 5.32 Å². The van der Waals surface area contributed by atoms with E-state index in [1.165, 1.54) is 0 Å². The summed E-state index contributed by atoms with van der Waals surface area (Å²) < 4.78 is 10.9. The monoisotopic (exact) mass is 275 g/mol. The van der Waals surface area contributed by atoms with Crippen molar-refractivity contribution in [1.29, 1.82) is 0 Å². The zero-order chi connectivity index (χ0) is 13.7. The van der Waals surface area contributed by atoms with Gasteiger partial charge in [0.05, 0.1) is 11.8 Å². The minimum absolute atomic E-state index is 0.205. The lowest BCUT2D eigenvalue weighted by molar-refractivity contribution is -0.146. The van der Waals surface area contributed by atoms with E-state index in [1.54, 1.807) is 6.26 Å². The molecule has 0 spiro atoms. The zero-order valence-electron chi connectivity index (χ0n) is 10.8. The Morgan fingerprint density at radius 1 is 1.33 bits per heavy atom. The topological polar surface area (TPSA) is 83.5 Å². The van der Waals surface area contributed by atoms with Crippen molar-refractivity contribution in [3.63, 3.8) is 0 Å². The van der Waals surface area contributed by atoms with Crippen molar-refractivity contribution in [2.75, 3.05) is 18.6 Å². The van der Waals surface area contributed by atoms with Crippen LogP contribution in [0, 0.1) is 17.8 Å². The van der Waals surface area contributed by atoms with Crippen LogP contribution in [0.15, 0.2) is 0 Å². The zero-order valence-corrected chi connectivity index (χ0v) is 11.7. The summed E-state index contributed by atoms with van der Waals surface area (Å²) in [5, 5.41) is 11.8. The number of rotatable bonds is 6. The van der Waals surface area contributed by atoms with E-state index in [-0.39, 0.29) is 5.91 Å². The Kier molecular flexibility index (Phi) is 5.78. The van der Waals surface area contributed by atoms with Gasteiger partial charge in [-0.05, 0) is 18.8 Å². The van der Waals surface area contributed by atoms with Crippen LogP contribution >= 0.6 is 0 Å². The summed E-state index contributed by atoms with van der Waals surface area (Å²) in [5.41, 5.74) is 0. The molecule has 0 aromatic carbocycles. The molecule has 4 atom stereocenters. The molecule has 0 aromatic heterocycles. The maximum absolute atomic E-state index is 11.9. The highest BCUT2D eigenvalue weighted by molar-refractivity contribution is 7.84. The molecule has 1 rings (SSSR count). The summed E-state index contributed by atoms with van der Waals surface area (Å²) in [4.78, 5) is 23.1. The van der Waals surface area contributed by atoms with E-state index in [9.17, 15) is 13.8 Å². The molecule has 0 heterocycles. The molecule has 104 valence electrons. The molecule has 1 fully saturated rings. The largest absolute Gasteiger partial charge is 0.481 e.